The number of benzene rings is 2. The van der Waals surface area contributed by atoms with Gasteiger partial charge in [-0.05, 0) is 60.2 Å². The second-order valence-corrected chi connectivity index (χ2v) is 8.08. The van der Waals surface area contributed by atoms with Crippen molar-refractivity contribution in [3.63, 3.8) is 0 Å². The fourth-order valence-corrected chi connectivity index (χ4v) is 3.88. The topological polar surface area (TPSA) is 50.1 Å². The lowest BCUT2D eigenvalue weighted by molar-refractivity contribution is 0.253. The molecule has 0 radical (unpaired) electrons. The highest BCUT2D eigenvalue weighted by molar-refractivity contribution is 5.38. The highest BCUT2D eigenvalue weighted by Gasteiger charge is 2.35. The molecule has 0 bridgehead atoms. The van der Waals surface area contributed by atoms with Gasteiger partial charge in [-0.15, -0.1) is 0 Å². The molecular formula is C22H24FN3O. The molecule has 0 fully saturated rings. The Hall–Kier alpha value is -2.66. The number of nitrogens with one attached hydrogen (secondary N) is 1. The highest BCUT2D eigenvalue weighted by atomic mass is 19.1. The van der Waals surface area contributed by atoms with E-state index in [4.69, 9.17) is 0 Å². The van der Waals surface area contributed by atoms with Gasteiger partial charge in [0.1, 0.15) is 11.6 Å². The zero-order valence-corrected chi connectivity index (χ0v) is 15.6. The van der Waals surface area contributed by atoms with E-state index in [-0.39, 0.29) is 23.0 Å². The van der Waals surface area contributed by atoms with E-state index < -0.39 is 0 Å². The van der Waals surface area contributed by atoms with Crippen LogP contribution in [0, 0.1) is 11.2 Å². The van der Waals surface area contributed by atoms with Crippen molar-refractivity contribution < 1.29 is 9.50 Å². The Bertz CT molecular complexity index is 929. The normalized spacial score (nSPS) is 18.3. The van der Waals surface area contributed by atoms with Gasteiger partial charge in [-0.25, -0.2) is 9.07 Å². The minimum absolute atomic E-state index is 0.136. The lowest BCUT2D eigenvalue weighted by Gasteiger charge is -2.36. The fraction of sp³-hybridized carbons (Fsp3) is 0.318. The monoisotopic (exact) mass is 365 g/mol. The number of nitrogens with zero attached hydrogens (tertiary/aromatic N) is 2. The summed E-state index contributed by atoms with van der Waals surface area (Å²) < 4.78 is 15.2. The number of aromatic nitrogens is 2. The number of fused-ring (bicyclic) bond motifs is 1. The first kappa shape index (κ1) is 17.7. The average Bonchev–Trinajstić information content (AvgIpc) is 3.04. The average molecular weight is 365 g/mol. The first-order chi connectivity index (χ1) is 12.9. The van der Waals surface area contributed by atoms with Gasteiger partial charge in [0.25, 0.3) is 0 Å². The van der Waals surface area contributed by atoms with Crippen molar-refractivity contribution in [1.82, 2.24) is 15.1 Å². The summed E-state index contributed by atoms with van der Waals surface area (Å²) in [4.78, 5) is 0. The first-order valence-corrected chi connectivity index (χ1v) is 9.25. The Balaban J connectivity index is 1.61. The van der Waals surface area contributed by atoms with Crippen LogP contribution in [0.25, 0.3) is 5.69 Å². The van der Waals surface area contributed by atoms with Crippen molar-refractivity contribution in [2.45, 2.75) is 39.3 Å². The molecular weight excluding hydrogens is 341 g/mol. The van der Waals surface area contributed by atoms with Crippen molar-refractivity contribution >= 4 is 0 Å². The summed E-state index contributed by atoms with van der Waals surface area (Å²) in [7, 11) is 0. The van der Waals surface area contributed by atoms with Gasteiger partial charge in [0.05, 0.1) is 11.9 Å². The van der Waals surface area contributed by atoms with Crippen LogP contribution in [0.3, 0.4) is 0 Å². The summed E-state index contributed by atoms with van der Waals surface area (Å²) in [6.07, 6.45) is 3.88. The van der Waals surface area contributed by atoms with Gasteiger partial charge in [0, 0.05) is 23.8 Å². The lowest BCUT2D eigenvalue weighted by Crippen LogP contribution is -2.33. The van der Waals surface area contributed by atoms with Gasteiger partial charge >= 0.3 is 0 Å². The van der Waals surface area contributed by atoms with E-state index in [0.29, 0.717) is 0 Å². The van der Waals surface area contributed by atoms with Crippen LogP contribution in [-0.2, 0) is 13.0 Å². The number of halogens is 1. The molecule has 4 nitrogen and oxygen atoms in total. The van der Waals surface area contributed by atoms with Gasteiger partial charge in [-0.2, -0.15) is 5.10 Å². The summed E-state index contributed by atoms with van der Waals surface area (Å²) in [6, 6.07) is 14.0. The van der Waals surface area contributed by atoms with Crippen LogP contribution in [-0.4, -0.2) is 14.9 Å². The molecule has 1 aliphatic carbocycles. The molecule has 140 valence electrons. The standard InChI is InChI=1S/C22H24FN3O/c1-22(2)11-20(24-13-15-3-9-18(27)10-4-15)19-14-25-26(21(19)12-22)17-7-5-16(23)6-8-17/h3-10,14,20,24,27H,11-13H2,1-2H3. The zero-order chi connectivity index (χ0) is 19.0. The Morgan fingerprint density at radius 1 is 1.15 bits per heavy atom. The Labute approximate surface area is 158 Å². The van der Waals surface area contributed by atoms with Crippen molar-refractivity contribution in [2.24, 2.45) is 5.41 Å². The molecule has 27 heavy (non-hydrogen) atoms. The van der Waals surface area contributed by atoms with Gasteiger partial charge < -0.3 is 10.4 Å². The summed E-state index contributed by atoms with van der Waals surface area (Å²) in [5, 5.41) is 17.7. The van der Waals surface area contributed by atoms with Crippen LogP contribution < -0.4 is 5.32 Å². The molecule has 2 aromatic carbocycles. The molecule has 0 saturated carbocycles. The SMILES string of the molecule is CC1(C)Cc2c(cnn2-c2ccc(F)cc2)C(NCc2ccc(O)cc2)C1. The Kier molecular flexibility index (Phi) is 4.48. The van der Waals surface area contributed by atoms with E-state index >= 15 is 0 Å². The molecule has 1 heterocycles. The van der Waals surface area contributed by atoms with Crippen molar-refractivity contribution in [3.8, 4) is 11.4 Å². The third kappa shape index (κ3) is 3.74. The summed E-state index contributed by atoms with van der Waals surface area (Å²) in [6.45, 7) is 5.27. The molecule has 1 aliphatic rings. The van der Waals surface area contributed by atoms with E-state index in [0.717, 1.165) is 30.6 Å². The maximum atomic E-state index is 13.3. The molecule has 1 atom stereocenters. The molecule has 2 N–H and O–H groups in total. The Morgan fingerprint density at radius 3 is 2.56 bits per heavy atom. The molecule has 1 unspecified atom stereocenters. The maximum absolute atomic E-state index is 13.3. The molecule has 0 amide bonds. The van der Waals surface area contributed by atoms with Crippen molar-refractivity contribution in [3.05, 3.63) is 77.4 Å². The van der Waals surface area contributed by atoms with Crippen LogP contribution in [0.2, 0.25) is 0 Å². The van der Waals surface area contributed by atoms with Gasteiger partial charge in [0.2, 0.25) is 0 Å². The number of phenols is 1. The molecule has 1 aromatic heterocycles. The minimum atomic E-state index is -0.242. The minimum Gasteiger partial charge on any atom is -0.508 e. The fourth-order valence-electron chi connectivity index (χ4n) is 3.88. The van der Waals surface area contributed by atoms with E-state index in [1.807, 2.05) is 23.0 Å². The zero-order valence-electron chi connectivity index (χ0n) is 15.6. The summed E-state index contributed by atoms with van der Waals surface area (Å²) in [5.74, 6) is 0.0361. The molecule has 4 rings (SSSR count). The largest absolute Gasteiger partial charge is 0.508 e. The number of hydrogen-bond acceptors (Lipinski definition) is 3. The van der Waals surface area contributed by atoms with Crippen LogP contribution in [0.4, 0.5) is 4.39 Å². The first-order valence-electron chi connectivity index (χ1n) is 9.25. The molecule has 3 aromatic rings. The molecule has 5 heteroatoms. The third-order valence-electron chi connectivity index (χ3n) is 5.24. The molecule has 0 spiro atoms. The Morgan fingerprint density at radius 2 is 1.85 bits per heavy atom. The van der Waals surface area contributed by atoms with E-state index in [1.165, 1.54) is 23.4 Å². The third-order valence-corrected chi connectivity index (χ3v) is 5.24. The van der Waals surface area contributed by atoms with Crippen molar-refractivity contribution in [2.75, 3.05) is 0 Å². The highest BCUT2D eigenvalue weighted by Crippen LogP contribution is 2.41. The molecule has 0 saturated heterocycles. The second kappa shape index (κ2) is 6.82. The predicted molar refractivity (Wildman–Crippen MR) is 103 cm³/mol. The summed E-state index contributed by atoms with van der Waals surface area (Å²) in [5.41, 5.74) is 4.53. The van der Waals surface area contributed by atoms with E-state index in [9.17, 15) is 9.50 Å². The number of phenolic OH excluding ortho intramolecular Hbond substituents is 1. The molecule has 0 aliphatic heterocycles. The summed E-state index contributed by atoms with van der Waals surface area (Å²) >= 11 is 0. The quantitative estimate of drug-likeness (QED) is 0.715. The second-order valence-electron chi connectivity index (χ2n) is 8.08. The van der Waals surface area contributed by atoms with Crippen molar-refractivity contribution in [1.29, 1.82) is 0 Å². The van der Waals surface area contributed by atoms with Gasteiger partial charge in [0.15, 0.2) is 0 Å². The maximum Gasteiger partial charge on any atom is 0.123 e. The van der Waals surface area contributed by atoms with Gasteiger partial charge in [-0.3, -0.25) is 0 Å². The smallest absolute Gasteiger partial charge is 0.123 e. The lowest BCUT2D eigenvalue weighted by atomic mass is 9.74. The van der Waals surface area contributed by atoms with Crippen LogP contribution in [0.1, 0.15) is 43.1 Å². The number of rotatable bonds is 4. The number of hydrogen-bond donors (Lipinski definition) is 2. The van der Waals surface area contributed by atoms with E-state index in [2.05, 4.69) is 24.3 Å². The van der Waals surface area contributed by atoms with Gasteiger partial charge in [-0.1, -0.05) is 26.0 Å². The number of aromatic hydroxyl groups is 1. The predicted octanol–water partition coefficient (Wildman–Crippen LogP) is 4.52. The van der Waals surface area contributed by atoms with Crippen LogP contribution in [0.15, 0.2) is 54.7 Å². The van der Waals surface area contributed by atoms with Crippen LogP contribution in [0.5, 0.6) is 5.75 Å². The van der Waals surface area contributed by atoms with E-state index in [1.54, 1.807) is 24.3 Å². The van der Waals surface area contributed by atoms with Crippen LogP contribution >= 0.6 is 0 Å².